The van der Waals surface area contributed by atoms with Gasteiger partial charge in [-0.1, -0.05) is 0 Å². The molecular weight excluding hydrogens is 222 g/mol. The molecule has 0 saturated carbocycles. The van der Waals surface area contributed by atoms with E-state index in [1.165, 1.54) is 0 Å². The van der Waals surface area contributed by atoms with Crippen LogP contribution >= 0.6 is 11.3 Å². The molecule has 0 bridgehead atoms. The highest BCUT2D eigenvalue weighted by molar-refractivity contribution is 7.07. The molecule has 0 aliphatic heterocycles. The first kappa shape index (κ1) is 10.9. The lowest BCUT2D eigenvalue weighted by molar-refractivity contribution is -0.129. The Kier molecular flexibility index (Phi) is 3.36. The Bertz CT molecular complexity index is 436. The number of nitrogens with one attached hydrogen (secondary N) is 1. The molecule has 84 valence electrons. The smallest absolute Gasteiger partial charge is 0.227 e. The molecule has 0 aliphatic carbocycles. The van der Waals surface area contributed by atoms with Crippen LogP contribution in [0.4, 0.5) is 0 Å². The highest BCUT2D eigenvalue weighted by Crippen LogP contribution is 2.09. The molecule has 2 aromatic heterocycles. The van der Waals surface area contributed by atoms with Gasteiger partial charge in [0.05, 0.1) is 12.6 Å². The molecule has 5 heteroatoms. The number of hydrogen-bond donors (Lipinski definition) is 1. The van der Waals surface area contributed by atoms with Gasteiger partial charge in [0.15, 0.2) is 0 Å². The number of aromatic amines is 1. The average Bonchev–Trinajstić information content (AvgIpc) is 2.90. The second kappa shape index (κ2) is 4.94. The van der Waals surface area contributed by atoms with Gasteiger partial charge in [0.1, 0.15) is 0 Å². The molecule has 0 fully saturated rings. The second-order valence-electron chi connectivity index (χ2n) is 3.66. The van der Waals surface area contributed by atoms with Gasteiger partial charge < -0.3 is 4.90 Å². The topological polar surface area (TPSA) is 49.0 Å². The summed E-state index contributed by atoms with van der Waals surface area (Å²) in [6.45, 7) is 0.597. The zero-order valence-electron chi connectivity index (χ0n) is 9.01. The van der Waals surface area contributed by atoms with Gasteiger partial charge in [-0.05, 0) is 22.4 Å². The zero-order chi connectivity index (χ0) is 11.4. The SMILES string of the molecule is CN(Cc1cn[nH]c1)C(=O)Cc1ccsc1. The first-order chi connectivity index (χ1) is 7.75. The molecule has 0 saturated heterocycles. The predicted octanol–water partition coefficient (Wildman–Crippen LogP) is 1.67. The summed E-state index contributed by atoms with van der Waals surface area (Å²) in [5.74, 6) is 0.125. The van der Waals surface area contributed by atoms with E-state index in [2.05, 4.69) is 10.2 Å². The maximum atomic E-state index is 11.8. The highest BCUT2D eigenvalue weighted by atomic mass is 32.1. The van der Waals surface area contributed by atoms with Gasteiger partial charge in [-0.2, -0.15) is 16.4 Å². The Hall–Kier alpha value is -1.62. The van der Waals surface area contributed by atoms with Crippen molar-refractivity contribution < 1.29 is 4.79 Å². The molecule has 16 heavy (non-hydrogen) atoms. The lowest BCUT2D eigenvalue weighted by Gasteiger charge is -2.15. The quantitative estimate of drug-likeness (QED) is 0.876. The van der Waals surface area contributed by atoms with Gasteiger partial charge in [0.2, 0.25) is 5.91 Å². The summed E-state index contributed by atoms with van der Waals surface area (Å²) in [5, 5.41) is 10.6. The number of likely N-dealkylation sites (N-methyl/N-ethyl adjacent to an activating group) is 1. The van der Waals surface area contributed by atoms with E-state index < -0.39 is 0 Å². The van der Waals surface area contributed by atoms with E-state index in [1.54, 1.807) is 28.6 Å². The zero-order valence-corrected chi connectivity index (χ0v) is 9.83. The molecular formula is C11H13N3OS. The number of carbonyl (C=O) groups is 1. The molecule has 0 aromatic carbocycles. The van der Waals surface area contributed by atoms with E-state index in [-0.39, 0.29) is 5.91 Å². The third kappa shape index (κ3) is 2.70. The Morgan fingerprint density at radius 3 is 3.06 bits per heavy atom. The Morgan fingerprint density at radius 1 is 1.56 bits per heavy atom. The lowest BCUT2D eigenvalue weighted by Crippen LogP contribution is -2.27. The minimum Gasteiger partial charge on any atom is -0.341 e. The Balaban J connectivity index is 1.90. The summed E-state index contributed by atoms with van der Waals surface area (Å²) in [5.41, 5.74) is 2.09. The number of aromatic nitrogens is 2. The fourth-order valence-electron chi connectivity index (χ4n) is 1.43. The van der Waals surface area contributed by atoms with Gasteiger partial charge in [0, 0.05) is 25.4 Å². The molecule has 0 spiro atoms. The van der Waals surface area contributed by atoms with Gasteiger partial charge in [-0.25, -0.2) is 0 Å². The molecule has 0 aliphatic rings. The summed E-state index contributed by atoms with van der Waals surface area (Å²) in [6.07, 6.45) is 4.00. The molecule has 2 heterocycles. The number of hydrogen-bond acceptors (Lipinski definition) is 3. The maximum Gasteiger partial charge on any atom is 0.227 e. The Morgan fingerprint density at radius 2 is 2.44 bits per heavy atom. The van der Waals surface area contributed by atoms with Crippen LogP contribution in [0.1, 0.15) is 11.1 Å². The summed E-state index contributed by atoms with van der Waals surface area (Å²) < 4.78 is 0. The van der Waals surface area contributed by atoms with Crippen LogP contribution in [0.3, 0.4) is 0 Å². The van der Waals surface area contributed by atoms with Gasteiger partial charge in [-0.15, -0.1) is 0 Å². The second-order valence-corrected chi connectivity index (χ2v) is 4.44. The molecule has 2 rings (SSSR count). The standard InChI is InChI=1S/C11H13N3OS/c1-14(7-10-5-12-13-6-10)11(15)4-9-2-3-16-8-9/h2-3,5-6,8H,4,7H2,1H3,(H,12,13). The normalized spacial score (nSPS) is 10.3. The minimum absolute atomic E-state index is 0.125. The van der Waals surface area contributed by atoms with Crippen LogP contribution in [0, 0.1) is 0 Å². The Labute approximate surface area is 97.9 Å². The molecule has 2 aromatic rings. The molecule has 1 N–H and O–H groups in total. The molecule has 4 nitrogen and oxygen atoms in total. The fourth-order valence-corrected chi connectivity index (χ4v) is 2.10. The van der Waals surface area contributed by atoms with E-state index in [4.69, 9.17) is 0 Å². The van der Waals surface area contributed by atoms with Crippen molar-refractivity contribution in [3.8, 4) is 0 Å². The predicted molar refractivity (Wildman–Crippen MR) is 63.1 cm³/mol. The summed E-state index contributed by atoms with van der Waals surface area (Å²) in [6, 6.07) is 1.98. The summed E-state index contributed by atoms with van der Waals surface area (Å²) in [4.78, 5) is 13.5. The number of rotatable bonds is 4. The van der Waals surface area contributed by atoms with Crippen LogP contribution in [0.2, 0.25) is 0 Å². The molecule has 1 amide bonds. The van der Waals surface area contributed by atoms with E-state index in [0.29, 0.717) is 13.0 Å². The van der Waals surface area contributed by atoms with Crippen molar-refractivity contribution in [1.82, 2.24) is 15.1 Å². The number of carbonyl (C=O) groups excluding carboxylic acids is 1. The summed E-state index contributed by atoms with van der Waals surface area (Å²) >= 11 is 1.61. The summed E-state index contributed by atoms with van der Waals surface area (Å²) in [7, 11) is 1.81. The van der Waals surface area contributed by atoms with E-state index >= 15 is 0 Å². The monoisotopic (exact) mass is 235 g/mol. The molecule has 0 radical (unpaired) electrons. The van der Waals surface area contributed by atoms with Crippen molar-refractivity contribution in [3.63, 3.8) is 0 Å². The van der Waals surface area contributed by atoms with Crippen LogP contribution in [-0.2, 0) is 17.8 Å². The van der Waals surface area contributed by atoms with E-state index in [0.717, 1.165) is 11.1 Å². The largest absolute Gasteiger partial charge is 0.341 e. The molecule has 0 atom stereocenters. The fraction of sp³-hybridized carbons (Fsp3) is 0.273. The van der Waals surface area contributed by atoms with E-state index in [1.807, 2.05) is 23.9 Å². The van der Waals surface area contributed by atoms with E-state index in [9.17, 15) is 4.79 Å². The third-order valence-electron chi connectivity index (χ3n) is 2.34. The first-order valence-electron chi connectivity index (χ1n) is 4.98. The average molecular weight is 235 g/mol. The number of nitrogens with zero attached hydrogens (tertiary/aromatic N) is 2. The van der Waals surface area contributed by atoms with Crippen molar-refractivity contribution in [2.75, 3.05) is 7.05 Å². The maximum absolute atomic E-state index is 11.8. The van der Waals surface area contributed by atoms with Gasteiger partial charge in [0.25, 0.3) is 0 Å². The van der Waals surface area contributed by atoms with Crippen LogP contribution in [0.25, 0.3) is 0 Å². The van der Waals surface area contributed by atoms with Crippen LogP contribution in [0.5, 0.6) is 0 Å². The molecule has 0 unspecified atom stereocenters. The van der Waals surface area contributed by atoms with Gasteiger partial charge >= 0.3 is 0 Å². The number of amides is 1. The first-order valence-corrected chi connectivity index (χ1v) is 5.92. The van der Waals surface area contributed by atoms with Crippen LogP contribution < -0.4 is 0 Å². The minimum atomic E-state index is 0.125. The number of thiophene rings is 1. The van der Waals surface area contributed by atoms with Crippen molar-refractivity contribution in [2.24, 2.45) is 0 Å². The van der Waals surface area contributed by atoms with Crippen molar-refractivity contribution in [2.45, 2.75) is 13.0 Å². The van der Waals surface area contributed by atoms with Gasteiger partial charge in [-0.3, -0.25) is 9.89 Å². The van der Waals surface area contributed by atoms with Crippen molar-refractivity contribution in [1.29, 1.82) is 0 Å². The van der Waals surface area contributed by atoms with Crippen LogP contribution in [-0.4, -0.2) is 28.1 Å². The lowest BCUT2D eigenvalue weighted by atomic mass is 10.2. The number of H-pyrrole nitrogens is 1. The van der Waals surface area contributed by atoms with Crippen molar-refractivity contribution in [3.05, 3.63) is 40.3 Å². The third-order valence-corrected chi connectivity index (χ3v) is 3.07. The van der Waals surface area contributed by atoms with Crippen molar-refractivity contribution >= 4 is 17.2 Å². The highest BCUT2D eigenvalue weighted by Gasteiger charge is 2.10. The van der Waals surface area contributed by atoms with Crippen LogP contribution in [0.15, 0.2) is 29.2 Å².